The van der Waals surface area contributed by atoms with Crippen LogP contribution in [0.3, 0.4) is 0 Å². The molecule has 1 aliphatic heterocycles. The van der Waals surface area contributed by atoms with E-state index < -0.39 is 0 Å². The summed E-state index contributed by atoms with van der Waals surface area (Å²) >= 11 is 0. The van der Waals surface area contributed by atoms with E-state index in [2.05, 4.69) is 25.3 Å². The molecule has 1 atom stereocenters. The van der Waals surface area contributed by atoms with Gasteiger partial charge in [-0.15, -0.1) is 0 Å². The van der Waals surface area contributed by atoms with Gasteiger partial charge in [0.25, 0.3) is 5.78 Å². The zero-order chi connectivity index (χ0) is 17.1. The maximum absolute atomic E-state index is 5.24. The lowest BCUT2D eigenvalue weighted by atomic mass is 9.92. The van der Waals surface area contributed by atoms with Gasteiger partial charge in [0.05, 0.1) is 12.3 Å². The van der Waals surface area contributed by atoms with Crippen molar-refractivity contribution in [2.75, 3.05) is 25.5 Å². The van der Waals surface area contributed by atoms with E-state index >= 15 is 0 Å². The number of likely N-dealkylation sites (tertiary alicyclic amines) is 1. The van der Waals surface area contributed by atoms with Gasteiger partial charge in [0.2, 0.25) is 0 Å². The fourth-order valence-electron chi connectivity index (χ4n) is 4.30. The number of hydrogen-bond donors (Lipinski definition) is 1. The van der Waals surface area contributed by atoms with E-state index in [9.17, 15) is 0 Å². The van der Waals surface area contributed by atoms with Crippen molar-refractivity contribution in [1.29, 1.82) is 0 Å². The number of hydrogen-bond acceptors (Lipinski definition) is 6. The minimum absolute atomic E-state index is 0.445. The first-order chi connectivity index (χ1) is 12.3. The smallest absolute Gasteiger partial charge is 0.254 e. The van der Waals surface area contributed by atoms with Crippen molar-refractivity contribution in [2.45, 2.75) is 63.6 Å². The number of rotatable bonds is 5. The van der Waals surface area contributed by atoms with Crippen molar-refractivity contribution < 1.29 is 4.74 Å². The van der Waals surface area contributed by atoms with Crippen molar-refractivity contribution in [3.63, 3.8) is 0 Å². The van der Waals surface area contributed by atoms with Crippen molar-refractivity contribution in [3.05, 3.63) is 18.1 Å². The van der Waals surface area contributed by atoms with Crippen LogP contribution in [0.2, 0.25) is 0 Å². The first-order valence-corrected chi connectivity index (χ1v) is 9.52. The third-order valence-corrected chi connectivity index (χ3v) is 5.49. The first-order valence-electron chi connectivity index (χ1n) is 9.52. The van der Waals surface area contributed by atoms with Gasteiger partial charge in [-0.25, -0.2) is 4.98 Å². The number of nitrogens with one attached hydrogen (secondary N) is 1. The largest absolute Gasteiger partial charge is 0.378 e. The van der Waals surface area contributed by atoms with E-state index in [4.69, 9.17) is 4.74 Å². The molecular weight excluding hydrogens is 316 g/mol. The molecule has 2 aliphatic rings. The zero-order valence-electron chi connectivity index (χ0n) is 15.0. The topological polar surface area (TPSA) is 67.6 Å². The molecule has 0 bridgehead atoms. The first kappa shape index (κ1) is 16.7. The van der Waals surface area contributed by atoms with Gasteiger partial charge in [0.15, 0.2) is 0 Å². The molecule has 1 aliphatic carbocycles. The fraction of sp³-hybridized carbons (Fsp3) is 0.722. The Kier molecular flexibility index (Phi) is 5.12. The lowest BCUT2D eigenvalue weighted by Crippen LogP contribution is -2.47. The van der Waals surface area contributed by atoms with E-state index in [1.807, 2.05) is 6.07 Å². The van der Waals surface area contributed by atoms with E-state index in [1.54, 1.807) is 18.0 Å². The maximum atomic E-state index is 5.24. The van der Waals surface area contributed by atoms with Gasteiger partial charge in [0.1, 0.15) is 12.1 Å². The Labute approximate surface area is 148 Å². The number of ether oxygens (including phenoxy) is 1. The third kappa shape index (κ3) is 3.77. The molecule has 136 valence electrons. The number of piperidine rings is 1. The molecule has 4 rings (SSSR count). The van der Waals surface area contributed by atoms with Crippen LogP contribution in [0.25, 0.3) is 5.78 Å². The number of aromatic nitrogens is 4. The predicted octanol–water partition coefficient (Wildman–Crippen LogP) is 2.48. The molecule has 7 heteroatoms. The van der Waals surface area contributed by atoms with Gasteiger partial charge in [-0.3, -0.25) is 4.90 Å². The monoisotopic (exact) mass is 344 g/mol. The Hall–Kier alpha value is -1.73. The second kappa shape index (κ2) is 7.66. The van der Waals surface area contributed by atoms with Gasteiger partial charge in [-0.05, 0) is 32.2 Å². The van der Waals surface area contributed by atoms with E-state index in [0.29, 0.717) is 18.4 Å². The summed E-state index contributed by atoms with van der Waals surface area (Å²) in [6.07, 6.45) is 10.9. The lowest BCUT2D eigenvalue weighted by Gasteiger charge is -2.40. The van der Waals surface area contributed by atoms with Crippen LogP contribution in [0.15, 0.2) is 12.4 Å². The highest BCUT2D eigenvalue weighted by molar-refractivity contribution is 5.45. The van der Waals surface area contributed by atoms with Crippen LogP contribution in [0.5, 0.6) is 0 Å². The molecule has 25 heavy (non-hydrogen) atoms. The summed E-state index contributed by atoms with van der Waals surface area (Å²) < 4.78 is 7.03. The van der Waals surface area contributed by atoms with Crippen LogP contribution in [-0.4, -0.2) is 56.8 Å². The van der Waals surface area contributed by atoms with E-state index in [0.717, 1.165) is 24.1 Å². The van der Waals surface area contributed by atoms with Gasteiger partial charge in [-0.1, -0.05) is 19.3 Å². The summed E-state index contributed by atoms with van der Waals surface area (Å²) in [6.45, 7) is 2.84. The molecule has 2 aromatic heterocycles. The molecule has 0 spiro atoms. The molecule has 1 unspecified atom stereocenters. The highest BCUT2D eigenvalue weighted by Crippen LogP contribution is 2.26. The maximum Gasteiger partial charge on any atom is 0.254 e. The number of nitrogens with zero attached hydrogens (tertiary/aromatic N) is 5. The van der Waals surface area contributed by atoms with Gasteiger partial charge < -0.3 is 10.1 Å². The zero-order valence-corrected chi connectivity index (χ0v) is 15.0. The molecule has 0 aromatic carbocycles. The number of methoxy groups -OCH3 is 1. The van der Waals surface area contributed by atoms with Crippen LogP contribution < -0.4 is 5.32 Å². The Balaban J connectivity index is 1.49. The van der Waals surface area contributed by atoms with Crippen molar-refractivity contribution in [1.82, 2.24) is 24.5 Å². The lowest BCUT2D eigenvalue weighted by molar-refractivity contribution is 0.124. The molecular formula is C18H28N6O. The standard InChI is InChI=1S/C18H28N6O/c1-25-12-15-10-17(24-18(22-15)19-13-20-24)21-14-6-5-9-23(11-14)16-7-3-2-4-8-16/h10,13-14,16,21H,2-9,11-12H2,1H3. The van der Waals surface area contributed by atoms with Gasteiger partial charge >= 0.3 is 0 Å². The molecule has 0 amide bonds. The average molecular weight is 344 g/mol. The highest BCUT2D eigenvalue weighted by atomic mass is 16.5. The SMILES string of the molecule is COCc1cc(NC2CCCN(C3CCCCC3)C2)n2ncnc2n1. The van der Waals surface area contributed by atoms with E-state index in [-0.39, 0.29) is 0 Å². The normalized spacial score (nSPS) is 23.2. The molecule has 1 saturated carbocycles. The fourth-order valence-corrected chi connectivity index (χ4v) is 4.30. The summed E-state index contributed by atoms with van der Waals surface area (Å²) in [6, 6.07) is 3.26. The summed E-state index contributed by atoms with van der Waals surface area (Å²) in [5.41, 5.74) is 0.880. The quantitative estimate of drug-likeness (QED) is 0.899. The van der Waals surface area contributed by atoms with Crippen LogP contribution in [0, 0.1) is 0 Å². The molecule has 1 saturated heterocycles. The van der Waals surface area contributed by atoms with Crippen LogP contribution in [0.1, 0.15) is 50.6 Å². The third-order valence-electron chi connectivity index (χ3n) is 5.49. The Bertz CT molecular complexity index is 696. The Morgan fingerprint density at radius 1 is 1.20 bits per heavy atom. The number of fused-ring (bicyclic) bond motifs is 1. The van der Waals surface area contributed by atoms with Crippen LogP contribution in [0.4, 0.5) is 5.82 Å². The minimum Gasteiger partial charge on any atom is -0.378 e. The van der Waals surface area contributed by atoms with Crippen molar-refractivity contribution in [3.8, 4) is 0 Å². The summed E-state index contributed by atoms with van der Waals surface area (Å²) in [7, 11) is 1.69. The average Bonchev–Trinajstić information content (AvgIpc) is 3.12. The van der Waals surface area contributed by atoms with Gasteiger partial charge in [-0.2, -0.15) is 14.6 Å². The number of anilines is 1. The second-order valence-corrected chi connectivity index (χ2v) is 7.31. The molecule has 0 radical (unpaired) electrons. The van der Waals surface area contributed by atoms with Crippen molar-refractivity contribution in [2.24, 2.45) is 0 Å². The Morgan fingerprint density at radius 2 is 2.08 bits per heavy atom. The van der Waals surface area contributed by atoms with Crippen LogP contribution >= 0.6 is 0 Å². The predicted molar refractivity (Wildman–Crippen MR) is 96.6 cm³/mol. The molecule has 7 nitrogen and oxygen atoms in total. The highest BCUT2D eigenvalue weighted by Gasteiger charge is 2.27. The van der Waals surface area contributed by atoms with Gasteiger partial charge in [0, 0.05) is 31.8 Å². The molecule has 2 fully saturated rings. The molecule has 3 heterocycles. The second-order valence-electron chi connectivity index (χ2n) is 7.31. The van der Waals surface area contributed by atoms with Crippen LogP contribution in [-0.2, 0) is 11.3 Å². The Morgan fingerprint density at radius 3 is 2.92 bits per heavy atom. The van der Waals surface area contributed by atoms with E-state index in [1.165, 1.54) is 51.5 Å². The summed E-state index contributed by atoms with van der Waals surface area (Å²) in [5.74, 6) is 1.59. The van der Waals surface area contributed by atoms with Crippen molar-refractivity contribution >= 4 is 11.6 Å². The molecule has 1 N–H and O–H groups in total. The summed E-state index contributed by atoms with van der Waals surface area (Å²) in [5, 5.41) is 8.02. The minimum atomic E-state index is 0.445. The molecule has 2 aromatic rings. The summed E-state index contributed by atoms with van der Waals surface area (Å²) in [4.78, 5) is 11.4.